The van der Waals surface area contributed by atoms with Gasteiger partial charge in [0.2, 0.25) is 0 Å². The number of anilines is 1. The van der Waals surface area contributed by atoms with Crippen LogP contribution in [-0.4, -0.2) is 39.3 Å². The minimum absolute atomic E-state index is 0.0174. The molecule has 0 spiro atoms. The molecule has 0 bridgehead atoms. The van der Waals surface area contributed by atoms with Crippen molar-refractivity contribution < 1.29 is 9.53 Å². The number of benzene rings is 2. The van der Waals surface area contributed by atoms with Crippen molar-refractivity contribution in [3.05, 3.63) is 54.6 Å². The second-order valence-electron chi connectivity index (χ2n) is 6.59. The summed E-state index contributed by atoms with van der Waals surface area (Å²) in [5.41, 5.74) is 3.20. The van der Waals surface area contributed by atoms with Gasteiger partial charge in [-0.3, -0.25) is 4.79 Å². The summed E-state index contributed by atoms with van der Waals surface area (Å²) < 4.78 is 5.64. The Balaban J connectivity index is 1.51. The Morgan fingerprint density at radius 1 is 1.12 bits per heavy atom. The van der Waals surface area contributed by atoms with E-state index in [0.717, 1.165) is 24.3 Å². The maximum Gasteiger partial charge on any atom is 0.252 e. The topological polar surface area (TPSA) is 41.6 Å². The monoisotopic (exact) mass is 338 g/mol. The first kappa shape index (κ1) is 17.6. The van der Waals surface area contributed by atoms with E-state index in [1.807, 2.05) is 42.5 Å². The Bertz CT molecular complexity index is 664. The van der Waals surface area contributed by atoms with Gasteiger partial charge in [-0.2, -0.15) is 0 Å². The SMILES string of the molecule is CN(C(=O)COCC1CCCNC1)c1ccc(-c2ccccc2)cc1. The lowest BCUT2D eigenvalue weighted by Crippen LogP contribution is -2.34. The minimum Gasteiger partial charge on any atom is -0.371 e. The molecule has 1 atom stereocenters. The van der Waals surface area contributed by atoms with E-state index >= 15 is 0 Å². The Labute approximate surface area is 149 Å². The van der Waals surface area contributed by atoms with Crippen LogP contribution in [0.2, 0.25) is 0 Å². The number of hydrogen-bond donors (Lipinski definition) is 1. The highest BCUT2D eigenvalue weighted by Gasteiger charge is 2.15. The molecule has 3 rings (SSSR count). The van der Waals surface area contributed by atoms with E-state index in [1.54, 1.807) is 11.9 Å². The molecule has 0 saturated carbocycles. The normalized spacial score (nSPS) is 17.2. The summed E-state index contributed by atoms with van der Waals surface area (Å²) in [6.45, 7) is 2.87. The molecule has 2 aromatic rings. The lowest BCUT2D eigenvalue weighted by Gasteiger charge is -2.23. The molecule has 1 amide bonds. The fraction of sp³-hybridized carbons (Fsp3) is 0.381. The van der Waals surface area contributed by atoms with Gasteiger partial charge < -0.3 is 15.0 Å². The lowest BCUT2D eigenvalue weighted by atomic mass is 10.0. The summed E-state index contributed by atoms with van der Waals surface area (Å²) in [5, 5.41) is 3.36. The van der Waals surface area contributed by atoms with Crippen LogP contribution in [0.25, 0.3) is 11.1 Å². The standard InChI is InChI=1S/C21H26N2O2/c1-23(21(24)16-25-15-17-6-5-13-22-14-17)20-11-9-19(10-12-20)18-7-3-2-4-8-18/h2-4,7-12,17,22H,5-6,13-16H2,1H3. The Hall–Kier alpha value is -2.17. The van der Waals surface area contributed by atoms with Crippen LogP contribution in [0.15, 0.2) is 54.6 Å². The summed E-state index contributed by atoms with van der Waals surface area (Å²) in [5.74, 6) is 0.508. The van der Waals surface area contributed by atoms with Gasteiger partial charge in [-0.1, -0.05) is 42.5 Å². The predicted octanol–water partition coefficient (Wildman–Crippen LogP) is 3.33. The molecule has 1 N–H and O–H groups in total. The first-order valence-electron chi connectivity index (χ1n) is 8.94. The number of likely N-dealkylation sites (N-methyl/N-ethyl adjacent to an activating group) is 1. The molecular weight excluding hydrogens is 312 g/mol. The molecule has 25 heavy (non-hydrogen) atoms. The van der Waals surface area contributed by atoms with Crippen LogP contribution in [0.4, 0.5) is 5.69 Å². The molecule has 0 aliphatic carbocycles. The predicted molar refractivity (Wildman–Crippen MR) is 102 cm³/mol. The quantitative estimate of drug-likeness (QED) is 0.878. The van der Waals surface area contributed by atoms with E-state index in [-0.39, 0.29) is 12.5 Å². The fourth-order valence-electron chi connectivity index (χ4n) is 3.13. The summed E-state index contributed by atoms with van der Waals surface area (Å²) in [4.78, 5) is 14.0. The van der Waals surface area contributed by atoms with Crippen molar-refractivity contribution in [2.75, 3.05) is 38.3 Å². The van der Waals surface area contributed by atoms with Gasteiger partial charge in [-0.25, -0.2) is 0 Å². The van der Waals surface area contributed by atoms with Crippen LogP contribution in [0.5, 0.6) is 0 Å². The average molecular weight is 338 g/mol. The summed E-state index contributed by atoms with van der Waals surface area (Å²) >= 11 is 0. The highest BCUT2D eigenvalue weighted by atomic mass is 16.5. The van der Waals surface area contributed by atoms with Gasteiger partial charge >= 0.3 is 0 Å². The van der Waals surface area contributed by atoms with Crippen LogP contribution in [0.3, 0.4) is 0 Å². The van der Waals surface area contributed by atoms with E-state index in [9.17, 15) is 4.79 Å². The van der Waals surface area contributed by atoms with Crippen LogP contribution in [0, 0.1) is 5.92 Å². The Kier molecular flexibility index (Phi) is 6.20. The van der Waals surface area contributed by atoms with Gasteiger partial charge in [0.05, 0.1) is 6.61 Å². The molecule has 1 aliphatic rings. The molecule has 4 heteroatoms. The zero-order valence-corrected chi connectivity index (χ0v) is 14.8. The Morgan fingerprint density at radius 3 is 2.52 bits per heavy atom. The van der Waals surface area contributed by atoms with Crippen molar-refractivity contribution in [3.63, 3.8) is 0 Å². The second kappa shape index (κ2) is 8.79. The van der Waals surface area contributed by atoms with E-state index in [2.05, 4.69) is 17.4 Å². The third kappa shape index (κ3) is 4.91. The van der Waals surface area contributed by atoms with Crippen molar-refractivity contribution in [2.45, 2.75) is 12.8 Å². The second-order valence-corrected chi connectivity index (χ2v) is 6.59. The van der Waals surface area contributed by atoms with Crippen molar-refractivity contribution in [2.24, 2.45) is 5.92 Å². The first-order valence-corrected chi connectivity index (χ1v) is 8.94. The molecule has 0 radical (unpaired) electrons. The molecule has 1 unspecified atom stereocenters. The highest BCUT2D eigenvalue weighted by Crippen LogP contribution is 2.22. The van der Waals surface area contributed by atoms with Gasteiger partial charge in [-0.05, 0) is 48.6 Å². The molecule has 2 aromatic carbocycles. The molecule has 1 fully saturated rings. The number of piperidine rings is 1. The molecule has 132 valence electrons. The minimum atomic E-state index is -0.0174. The third-order valence-electron chi connectivity index (χ3n) is 4.71. The van der Waals surface area contributed by atoms with E-state index < -0.39 is 0 Å². The molecular formula is C21H26N2O2. The molecule has 0 aromatic heterocycles. The van der Waals surface area contributed by atoms with Crippen molar-refractivity contribution in [3.8, 4) is 11.1 Å². The maximum atomic E-state index is 12.3. The summed E-state index contributed by atoms with van der Waals surface area (Å²) in [6, 6.07) is 18.3. The highest BCUT2D eigenvalue weighted by molar-refractivity contribution is 5.94. The molecule has 1 saturated heterocycles. The number of rotatable bonds is 6. The van der Waals surface area contributed by atoms with E-state index in [4.69, 9.17) is 4.74 Å². The molecule has 4 nitrogen and oxygen atoms in total. The van der Waals surface area contributed by atoms with Gasteiger partial charge in [0.15, 0.2) is 0 Å². The number of carbonyl (C=O) groups excluding carboxylic acids is 1. The third-order valence-corrected chi connectivity index (χ3v) is 4.71. The first-order chi connectivity index (χ1) is 12.2. The number of amides is 1. The fourth-order valence-corrected chi connectivity index (χ4v) is 3.13. The van der Waals surface area contributed by atoms with Crippen molar-refractivity contribution in [1.29, 1.82) is 0 Å². The number of ether oxygens (including phenoxy) is 1. The van der Waals surface area contributed by atoms with Crippen molar-refractivity contribution in [1.82, 2.24) is 5.32 Å². The largest absolute Gasteiger partial charge is 0.371 e. The number of nitrogens with zero attached hydrogens (tertiary/aromatic N) is 1. The van der Waals surface area contributed by atoms with Crippen LogP contribution in [-0.2, 0) is 9.53 Å². The van der Waals surface area contributed by atoms with Gasteiger partial charge in [0.25, 0.3) is 5.91 Å². The lowest BCUT2D eigenvalue weighted by molar-refractivity contribution is -0.123. The summed E-state index contributed by atoms with van der Waals surface area (Å²) in [7, 11) is 1.80. The average Bonchev–Trinajstić information content (AvgIpc) is 2.69. The zero-order chi connectivity index (χ0) is 17.5. The van der Waals surface area contributed by atoms with Gasteiger partial charge in [-0.15, -0.1) is 0 Å². The van der Waals surface area contributed by atoms with Gasteiger partial charge in [0.1, 0.15) is 6.61 Å². The molecule has 1 aliphatic heterocycles. The molecule has 1 heterocycles. The van der Waals surface area contributed by atoms with Crippen molar-refractivity contribution >= 4 is 11.6 Å². The smallest absolute Gasteiger partial charge is 0.252 e. The van der Waals surface area contributed by atoms with Crippen LogP contribution < -0.4 is 10.2 Å². The van der Waals surface area contributed by atoms with Gasteiger partial charge in [0, 0.05) is 19.3 Å². The van der Waals surface area contributed by atoms with Crippen LogP contribution in [0.1, 0.15) is 12.8 Å². The van der Waals surface area contributed by atoms with E-state index in [0.29, 0.717) is 12.5 Å². The number of nitrogens with one attached hydrogen (secondary N) is 1. The Morgan fingerprint density at radius 2 is 1.84 bits per heavy atom. The zero-order valence-electron chi connectivity index (χ0n) is 14.8. The maximum absolute atomic E-state index is 12.3. The number of hydrogen-bond acceptors (Lipinski definition) is 3. The van der Waals surface area contributed by atoms with Crippen LogP contribution >= 0.6 is 0 Å². The van der Waals surface area contributed by atoms with E-state index in [1.165, 1.54) is 18.4 Å². The summed E-state index contributed by atoms with van der Waals surface area (Å²) in [6.07, 6.45) is 2.37. The number of carbonyl (C=O) groups is 1.